The third-order valence-corrected chi connectivity index (χ3v) is 5.06. The van der Waals surface area contributed by atoms with Crippen molar-refractivity contribution in [3.63, 3.8) is 0 Å². The topological polar surface area (TPSA) is 60.8 Å². The molecule has 1 aliphatic heterocycles. The molecule has 1 aromatic carbocycles. The van der Waals surface area contributed by atoms with E-state index in [1.807, 2.05) is 13.0 Å². The van der Waals surface area contributed by atoms with Crippen LogP contribution < -0.4 is 0 Å². The van der Waals surface area contributed by atoms with Crippen LogP contribution in [0, 0.1) is 17.7 Å². The van der Waals surface area contributed by atoms with Gasteiger partial charge in [0.2, 0.25) is 0 Å². The minimum Gasteiger partial charge on any atom is -0.505 e. The van der Waals surface area contributed by atoms with Crippen molar-refractivity contribution < 1.29 is 19.4 Å². The highest BCUT2D eigenvalue weighted by atomic mass is 19.1. The highest BCUT2D eigenvalue weighted by Gasteiger charge is 2.31. The molecular formula is C18H22FNO3. The van der Waals surface area contributed by atoms with Gasteiger partial charge in [0.15, 0.2) is 11.6 Å². The molecule has 1 unspecified atom stereocenters. The number of fused-ring (bicyclic) bond motifs is 1. The van der Waals surface area contributed by atoms with E-state index >= 15 is 0 Å². The van der Waals surface area contributed by atoms with E-state index in [9.17, 15) is 19.4 Å². The molecule has 23 heavy (non-hydrogen) atoms. The van der Waals surface area contributed by atoms with Crippen LogP contribution in [0.2, 0.25) is 0 Å². The summed E-state index contributed by atoms with van der Waals surface area (Å²) in [5, 5.41) is 19.0. The lowest BCUT2D eigenvalue weighted by Crippen LogP contribution is -2.23. The van der Waals surface area contributed by atoms with Gasteiger partial charge in [-0.2, -0.15) is 0 Å². The molecule has 2 N–H and O–H groups in total. The van der Waals surface area contributed by atoms with Crippen LogP contribution in [0.15, 0.2) is 24.4 Å². The Labute approximate surface area is 135 Å². The van der Waals surface area contributed by atoms with Crippen LogP contribution in [0.3, 0.4) is 0 Å². The molecule has 1 atom stereocenters. The molecule has 1 aliphatic carbocycles. The number of phenolic OH excluding ortho intramolecular Hbond substituents is 1. The van der Waals surface area contributed by atoms with Crippen LogP contribution in [0.1, 0.15) is 48.5 Å². The number of hydrogen-bond donors (Lipinski definition) is 2. The van der Waals surface area contributed by atoms with Gasteiger partial charge in [-0.05, 0) is 56.1 Å². The summed E-state index contributed by atoms with van der Waals surface area (Å²) in [7, 11) is 0. The zero-order chi connectivity index (χ0) is 16.6. The fourth-order valence-corrected chi connectivity index (χ4v) is 3.53. The summed E-state index contributed by atoms with van der Waals surface area (Å²) in [4.78, 5) is 13.8. The maximum absolute atomic E-state index is 13.9. The van der Waals surface area contributed by atoms with E-state index in [0.717, 1.165) is 25.7 Å². The molecule has 3 rings (SSSR count). The number of aromatic hydroxyl groups is 1. The van der Waals surface area contributed by atoms with Gasteiger partial charge in [-0.25, -0.2) is 4.39 Å². The van der Waals surface area contributed by atoms with E-state index in [1.165, 1.54) is 11.0 Å². The summed E-state index contributed by atoms with van der Waals surface area (Å²) < 4.78 is 13.9. The Morgan fingerprint density at radius 2 is 2.00 bits per heavy atom. The molecule has 124 valence electrons. The summed E-state index contributed by atoms with van der Waals surface area (Å²) in [5.41, 5.74) is 0.584. The van der Waals surface area contributed by atoms with Crippen molar-refractivity contribution in [2.75, 3.05) is 0 Å². The number of nitrogens with zero attached hydrogens (tertiary/aromatic N) is 1. The van der Waals surface area contributed by atoms with E-state index in [-0.39, 0.29) is 11.7 Å². The second kappa shape index (κ2) is 6.32. The molecule has 0 bridgehead atoms. The second-order valence-electron chi connectivity index (χ2n) is 6.62. The molecule has 0 radical (unpaired) electrons. The molecule has 1 saturated carbocycles. The van der Waals surface area contributed by atoms with Crippen molar-refractivity contribution >= 4 is 5.91 Å². The van der Waals surface area contributed by atoms with Gasteiger partial charge in [-0.1, -0.05) is 12.1 Å². The maximum atomic E-state index is 13.9. The first-order valence-electron chi connectivity index (χ1n) is 8.15. The van der Waals surface area contributed by atoms with Crippen LogP contribution >= 0.6 is 0 Å². The SMILES string of the molecule is CC(O)C1CCC(C=CN2Cc3ccc(O)c(F)c3C2=O)CC1. The summed E-state index contributed by atoms with van der Waals surface area (Å²) in [6, 6.07) is 2.87. The smallest absolute Gasteiger partial charge is 0.261 e. The van der Waals surface area contributed by atoms with E-state index in [0.29, 0.717) is 23.9 Å². The van der Waals surface area contributed by atoms with Gasteiger partial charge in [0.1, 0.15) is 0 Å². The first-order valence-corrected chi connectivity index (χ1v) is 8.15. The van der Waals surface area contributed by atoms with Crippen LogP contribution in [-0.4, -0.2) is 27.1 Å². The number of hydrogen-bond acceptors (Lipinski definition) is 3. The number of aliphatic hydroxyl groups excluding tert-OH is 1. The van der Waals surface area contributed by atoms with E-state index < -0.39 is 17.5 Å². The van der Waals surface area contributed by atoms with Gasteiger partial charge >= 0.3 is 0 Å². The molecular weight excluding hydrogens is 297 g/mol. The van der Waals surface area contributed by atoms with Crippen molar-refractivity contribution in [2.24, 2.45) is 11.8 Å². The molecule has 0 saturated heterocycles. The molecule has 1 heterocycles. The highest BCUT2D eigenvalue weighted by molar-refractivity contribution is 5.99. The van der Waals surface area contributed by atoms with Crippen molar-refractivity contribution in [1.29, 1.82) is 0 Å². The molecule has 2 aliphatic rings. The average molecular weight is 319 g/mol. The Bertz CT molecular complexity index is 633. The van der Waals surface area contributed by atoms with Crippen molar-refractivity contribution in [3.8, 4) is 5.75 Å². The summed E-state index contributed by atoms with van der Waals surface area (Å²) in [6.45, 7) is 2.18. The predicted octanol–water partition coefficient (Wildman–Crippen LogP) is 3.19. The number of phenols is 1. The highest BCUT2D eigenvalue weighted by Crippen LogP contribution is 2.33. The quantitative estimate of drug-likeness (QED) is 0.899. The van der Waals surface area contributed by atoms with Crippen LogP contribution in [0.25, 0.3) is 0 Å². The van der Waals surface area contributed by atoms with Gasteiger partial charge in [-0.3, -0.25) is 4.79 Å². The molecule has 1 aromatic rings. The lowest BCUT2D eigenvalue weighted by molar-refractivity contribution is 0.0835. The zero-order valence-electron chi connectivity index (χ0n) is 13.2. The molecule has 0 spiro atoms. The van der Waals surface area contributed by atoms with Gasteiger partial charge in [0.25, 0.3) is 5.91 Å². The first kappa shape index (κ1) is 16.0. The summed E-state index contributed by atoms with van der Waals surface area (Å²) in [5.74, 6) is -0.961. The van der Waals surface area contributed by atoms with Crippen LogP contribution in [-0.2, 0) is 6.54 Å². The number of benzene rings is 1. The van der Waals surface area contributed by atoms with Gasteiger partial charge in [0, 0.05) is 6.20 Å². The number of carbonyl (C=O) groups excluding carboxylic acids is 1. The number of carbonyl (C=O) groups is 1. The maximum Gasteiger partial charge on any atom is 0.261 e. The second-order valence-corrected chi connectivity index (χ2v) is 6.62. The Kier molecular flexibility index (Phi) is 4.39. The Hall–Kier alpha value is -1.88. The lowest BCUT2D eigenvalue weighted by atomic mass is 9.80. The largest absolute Gasteiger partial charge is 0.505 e. The van der Waals surface area contributed by atoms with E-state index in [4.69, 9.17) is 0 Å². The Morgan fingerprint density at radius 1 is 1.30 bits per heavy atom. The van der Waals surface area contributed by atoms with Crippen LogP contribution in [0.4, 0.5) is 4.39 Å². The molecule has 4 nitrogen and oxygen atoms in total. The van der Waals surface area contributed by atoms with Gasteiger partial charge in [-0.15, -0.1) is 0 Å². The monoisotopic (exact) mass is 319 g/mol. The molecule has 1 fully saturated rings. The van der Waals surface area contributed by atoms with Gasteiger partial charge in [0.05, 0.1) is 18.2 Å². The minimum absolute atomic E-state index is 0.0209. The minimum atomic E-state index is -0.833. The number of aliphatic hydroxyl groups is 1. The number of rotatable bonds is 3. The number of amides is 1. The van der Waals surface area contributed by atoms with Crippen molar-refractivity contribution in [3.05, 3.63) is 41.4 Å². The molecule has 0 aromatic heterocycles. The fourth-order valence-electron chi connectivity index (χ4n) is 3.53. The Balaban J connectivity index is 1.64. The van der Waals surface area contributed by atoms with E-state index in [1.54, 1.807) is 12.3 Å². The average Bonchev–Trinajstić information content (AvgIpc) is 2.86. The predicted molar refractivity (Wildman–Crippen MR) is 84.2 cm³/mol. The first-order chi connectivity index (χ1) is 11.0. The van der Waals surface area contributed by atoms with Crippen molar-refractivity contribution in [1.82, 2.24) is 4.90 Å². The van der Waals surface area contributed by atoms with Crippen molar-refractivity contribution in [2.45, 2.75) is 45.3 Å². The lowest BCUT2D eigenvalue weighted by Gasteiger charge is -2.28. The summed E-state index contributed by atoms with van der Waals surface area (Å²) >= 11 is 0. The Morgan fingerprint density at radius 3 is 2.65 bits per heavy atom. The number of allylic oxidation sites excluding steroid dienone is 1. The third kappa shape index (κ3) is 3.11. The standard InChI is InChI=1S/C18H22FNO3/c1-11(21)13-4-2-12(3-5-13)8-9-20-10-14-6-7-15(22)17(19)16(14)18(20)23/h6-9,11-13,21-22H,2-5,10H2,1H3. The van der Waals surface area contributed by atoms with Gasteiger partial charge < -0.3 is 15.1 Å². The fraction of sp³-hybridized carbons (Fsp3) is 0.500. The molecule has 5 heteroatoms. The van der Waals surface area contributed by atoms with E-state index in [2.05, 4.69) is 0 Å². The molecule has 1 amide bonds. The zero-order valence-corrected chi connectivity index (χ0v) is 13.2. The van der Waals surface area contributed by atoms with Crippen LogP contribution in [0.5, 0.6) is 5.75 Å². The third-order valence-electron chi connectivity index (χ3n) is 5.06. The number of halogens is 1. The summed E-state index contributed by atoms with van der Waals surface area (Å²) in [6.07, 6.45) is 7.47. The normalized spacial score (nSPS) is 25.9.